The molecule has 0 bridgehead atoms. The molecule has 2 heterocycles. The Morgan fingerprint density at radius 1 is 0.839 bits per heavy atom. The molecule has 0 aliphatic rings. The molecule has 1 amide bonds. The average molecular weight is 545 g/mol. The third-order valence-electron chi connectivity index (χ3n) is 4.51. The minimum absolute atomic E-state index is 0.0758. The Bertz CT molecular complexity index is 1280. The fraction of sp³-hybridized carbons (Fsp3) is 0.130. The number of fused-ring (bicyclic) bond motifs is 2. The molecular weight excluding hydrogens is 526 g/mol. The highest BCUT2D eigenvalue weighted by Crippen LogP contribution is 2.20. The number of hydrogen-bond acceptors (Lipinski definition) is 5. The molecule has 31 heavy (non-hydrogen) atoms. The van der Waals surface area contributed by atoms with Gasteiger partial charge in [-0.1, -0.05) is 0 Å². The van der Waals surface area contributed by atoms with E-state index in [4.69, 9.17) is 4.84 Å². The van der Waals surface area contributed by atoms with Crippen LogP contribution in [-0.2, 0) is 4.84 Å². The van der Waals surface area contributed by atoms with E-state index in [0.29, 0.717) is 5.56 Å². The molecule has 0 atom stereocenters. The van der Waals surface area contributed by atoms with Crippen LogP contribution in [0, 0.1) is 0 Å². The number of ketones is 1. The second-order valence-electron chi connectivity index (χ2n) is 6.66. The van der Waals surface area contributed by atoms with Gasteiger partial charge in [0.25, 0.3) is 5.91 Å². The summed E-state index contributed by atoms with van der Waals surface area (Å²) in [6, 6.07) is 14.7. The smallest absolute Gasteiger partial charge is 0.277 e. The standard InChI is InChI=1S/C12H11BrN2O2.C11H8BrNO/c1-15(17-2)12(16)8-3-4-11-9(5-8)6-10(13)7-14-11;1-7(14)8-2-3-11-9(4-8)5-10(12)6-13-11/h3-7H,1-2H3;2-6H,1H3. The van der Waals surface area contributed by atoms with Crippen LogP contribution in [0.2, 0.25) is 0 Å². The molecule has 4 aromatic rings. The Kier molecular flexibility index (Phi) is 7.48. The first kappa shape index (κ1) is 23.0. The van der Waals surface area contributed by atoms with Crippen molar-refractivity contribution in [2.75, 3.05) is 14.2 Å². The molecule has 0 spiro atoms. The maximum absolute atomic E-state index is 11.9. The number of nitrogens with zero attached hydrogens (tertiary/aromatic N) is 3. The van der Waals surface area contributed by atoms with E-state index in [9.17, 15) is 9.59 Å². The molecule has 0 saturated heterocycles. The van der Waals surface area contributed by atoms with E-state index in [1.807, 2.05) is 30.3 Å². The summed E-state index contributed by atoms with van der Waals surface area (Å²) in [6.07, 6.45) is 3.47. The summed E-state index contributed by atoms with van der Waals surface area (Å²) in [5.41, 5.74) is 3.04. The maximum atomic E-state index is 11.9. The van der Waals surface area contributed by atoms with E-state index in [2.05, 4.69) is 41.8 Å². The fourth-order valence-electron chi connectivity index (χ4n) is 2.83. The topological polar surface area (TPSA) is 72.4 Å². The second-order valence-corrected chi connectivity index (χ2v) is 8.49. The molecule has 0 unspecified atom stereocenters. The second kappa shape index (κ2) is 10.1. The van der Waals surface area contributed by atoms with E-state index in [1.165, 1.54) is 12.2 Å². The summed E-state index contributed by atoms with van der Waals surface area (Å²) in [4.78, 5) is 36.3. The van der Waals surface area contributed by atoms with E-state index in [-0.39, 0.29) is 11.7 Å². The fourth-order valence-corrected chi connectivity index (χ4v) is 3.52. The number of Topliss-reactive ketones (excluding diaryl/α,β-unsaturated/α-hetero) is 1. The van der Waals surface area contributed by atoms with Crippen molar-refractivity contribution in [2.45, 2.75) is 6.92 Å². The van der Waals surface area contributed by atoms with Crippen molar-refractivity contribution in [3.63, 3.8) is 0 Å². The van der Waals surface area contributed by atoms with Gasteiger partial charge < -0.3 is 0 Å². The lowest BCUT2D eigenvalue weighted by Crippen LogP contribution is -2.25. The van der Waals surface area contributed by atoms with E-state index in [0.717, 1.165) is 36.3 Å². The molecule has 4 rings (SSSR count). The van der Waals surface area contributed by atoms with Gasteiger partial charge in [-0.15, -0.1) is 0 Å². The van der Waals surface area contributed by atoms with Crippen molar-refractivity contribution in [2.24, 2.45) is 0 Å². The van der Waals surface area contributed by atoms with Crippen LogP contribution in [0.5, 0.6) is 0 Å². The van der Waals surface area contributed by atoms with Gasteiger partial charge in [0, 0.05) is 50.3 Å². The number of amides is 1. The highest BCUT2D eigenvalue weighted by molar-refractivity contribution is 9.10. The van der Waals surface area contributed by atoms with Crippen molar-refractivity contribution < 1.29 is 14.4 Å². The molecule has 6 nitrogen and oxygen atoms in total. The molecule has 0 aliphatic heterocycles. The van der Waals surface area contributed by atoms with Crippen LogP contribution < -0.4 is 0 Å². The van der Waals surface area contributed by atoms with Gasteiger partial charge in [0.2, 0.25) is 0 Å². The van der Waals surface area contributed by atoms with Gasteiger partial charge in [0.15, 0.2) is 5.78 Å². The lowest BCUT2D eigenvalue weighted by molar-refractivity contribution is -0.0756. The molecule has 8 heteroatoms. The summed E-state index contributed by atoms with van der Waals surface area (Å²) >= 11 is 6.70. The van der Waals surface area contributed by atoms with Crippen LogP contribution in [0.15, 0.2) is 69.9 Å². The average Bonchev–Trinajstić information content (AvgIpc) is 2.77. The predicted octanol–water partition coefficient (Wildman–Crippen LogP) is 5.83. The van der Waals surface area contributed by atoms with E-state index < -0.39 is 0 Å². The van der Waals surface area contributed by atoms with Crippen molar-refractivity contribution in [1.82, 2.24) is 15.0 Å². The highest BCUT2D eigenvalue weighted by atomic mass is 79.9. The Balaban J connectivity index is 0.000000179. The lowest BCUT2D eigenvalue weighted by atomic mass is 10.1. The van der Waals surface area contributed by atoms with Gasteiger partial charge in [-0.3, -0.25) is 24.4 Å². The Morgan fingerprint density at radius 2 is 1.32 bits per heavy atom. The highest BCUT2D eigenvalue weighted by Gasteiger charge is 2.11. The van der Waals surface area contributed by atoms with Crippen LogP contribution in [-0.4, -0.2) is 40.9 Å². The predicted molar refractivity (Wildman–Crippen MR) is 128 cm³/mol. The van der Waals surface area contributed by atoms with Gasteiger partial charge in [-0.25, -0.2) is 5.06 Å². The molecule has 2 aromatic carbocycles. The SMILES string of the molecule is CC(=O)c1ccc2ncc(Br)cc2c1.CON(C)C(=O)c1ccc2ncc(Br)cc2c1. The van der Waals surface area contributed by atoms with Crippen LogP contribution in [0.25, 0.3) is 21.8 Å². The normalized spacial score (nSPS) is 10.5. The maximum Gasteiger partial charge on any atom is 0.277 e. The third-order valence-corrected chi connectivity index (χ3v) is 5.38. The van der Waals surface area contributed by atoms with Crippen molar-refractivity contribution in [3.05, 3.63) is 81.0 Å². The summed E-state index contributed by atoms with van der Waals surface area (Å²) in [6.45, 7) is 1.56. The zero-order valence-electron chi connectivity index (χ0n) is 17.1. The van der Waals surface area contributed by atoms with Gasteiger partial charge >= 0.3 is 0 Å². The number of carbonyl (C=O) groups is 2. The van der Waals surface area contributed by atoms with Gasteiger partial charge in [0.05, 0.1) is 18.1 Å². The number of rotatable bonds is 3. The lowest BCUT2D eigenvalue weighted by Gasteiger charge is -2.13. The zero-order chi connectivity index (χ0) is 22.5. The number of hydroxylamine groups is 2. The summed E-state index contributed by atoms with van der Waals surface area (Å²) in [5, 5.41) is 3.08. The Morgan fingerprint density at radius 3 is 1.81 bits per heavy atom. The number of halogens is 2. The van der Waals surface area contributed by atoms with Crippen molar-refractivity contribution in [1.29, 1.82) is 0 Å². The van der Waals surface area contributed by atoms with Crippen LogP contribution in [0.1, 0.15) is 27.6 Å². The number of aromatic nitrogens is 2. The number of hydrogen-bond donors (Lipinski definition) is 0. The Labute approximate surface area is 196 Å². The summed E-state index contributed by atoms with van der Waals surface area (Å²) in [5.74, 6) is -0.110. The van der Waals surface area contributed by atoms with Crippen LogP contribution in [0.3, 0.4) is 0 Å². The van der Waals surface area contributed by atoms with E-state index >= 15 is 0 Å². The van der Waals surface area contributed by atoms with Crippen LogP contribution in [0.4, 0.5) is 0 Å². The molecule has 2 aromatic heterocycles. The summed E-state index contributed by atoms with van der Waals surface area (Å²) < 4.78 is 1.81. The molecular formula is C23H19Br2N3O3. The summed E-state index contributed by atoms with van der Waals surface area (Å²) in [7, 11) is 3.03. The minimum atomic E-state index is -0.186. The number of benzene rings is 2. The van der Waals surface area contributed by atoms with Crippen molar-refractivity contribution >= 4 is 65.4 Å². The largest absolute Gasteiger partial charge is 0.295 e. The molecule has 0 aliphatic carbocycles. The van der Waals surface area contributed by atoms with Crippen LogP contribution >= 0.6 is 31.9 Å². The Hall–Kier alpha value is -2.68. The van der Waals surface area contributed by atoms with Gasteiger partial charge in [-0.05, 0) is 87.3 Å². The van der Waals surface area contributed by atoms with Gasteiger partial charge in [0.1, 0.15) is 0 Å². The number of carbonyl (C=O) groups excluding carboxylic acids is 2. The first-order chi connectivity index (χ1) is 14.8. The monoisotopic (exact) mass is 543 g/mol. The van der Waals surface area contributed by atoms with Crippen molar-refractivity contribution in [3.8, 4) is 0 Å². The number of pyridine rings is 2. The molecule has 0 N–H and O–H groups in total. The zero-order valence-corrected chi connectivity index (χ0v) is 20.3. The molecule has 0 radical (unpaired) electrons. The molecule has 158 valence electrons. The minimum Gasteiger partial charge on any atom is -0.295 e. The first-order valence-corrected chi connectivity index (χ1v) is 10.8. The molecule has 0 saturated carbocycles. The van der Waals surface area contributed by atoms with E-state index in [1.54, 1.807) is 44.6 Å². The molecule has 0 fully saturated rings. The quantitative estimate of drug-likeness (QED) is 0.239. The first-order valence-electron chi connectivity index (χ1n) is 9.22. The van der Waals surface area contributed by atoms with Gasteiger partial charge in [-0.2, -0.15) is 0 Å². The third kappa shape index (κ3) is 5.72.